The van der Waals surface area contributed by atoms with E-state index in [0.717, 1.165) is 18.4 Å². The molecule has 0 fully saturated rings. The van der Waals surface area contributed by atoms with Crippen LogP contribution in [0.25, 0.3) is 5.65 Å². The van der Waals surface area contributed by atoms with Crippen LogP contribution in [0.2, 0.25) is 0 Å². The Morgan fingerprint density at radius 2 is 2.08 bits per heavy atom. The Kier molecular flexibility index (Phi) is 5.00. The fourth-order valence-corrected chi connectivity index (χ4v) is 2.32. The third kappa shape index (κ3) is 3.68. The molecule has 2 aromatic heterocycles. The second-order valence-electron chi connectivity index (χ2n) is 5.50. The van der Waals surface area contributed by atoms with Gasteiger partial charge >= 0.3 is 0 Å². The van der Waals surface area contributed by atoms with Crippen LogP contribution in [0, 0.1) is 0 Å². The van der Waals surface area contributed by atoms with Gasteiger partial charge in [-0.25, -0.2) is 4.98 Å². The first-order valence-corrected chi connectivity index (χ1v) is 8.03. The van der Waals surface area contributed by atoms with E-state index in [2.05, 4.69) is 32.7 Å². The number of hydrogen-bond acceptors (Lipinski definition) is 5. The number of nitrogens with one attached hydrogen (secondary N) is 2. The minimum atomic E-state index is -0.0298. The number of hydrogen-bond donors (Lipinski definition) is 2. The topological polar surface area (TPSA) is 84.2 Å². The van der Waals surface area contributed by atoms with Crippen molar-refractivity contribution >= 4 is 17.4 Å². The standard InChI is InChI=1S/C17H20N6O/c1-2-3-8-19-17(24)14-6-4-13(5-7-14)11-20-15-16-22-21-12-23(16)10-9-18-15/h4-7,9-10,12H,2-3,8,11H2,1H3,(H,18,20)(H,19,24). The third-order valence-electron chi connectivity index (χ3n) is 3.71. The highest BCUT2D eigenvalue weighted by Crippen LogP contribution is 2.12. The molecule has 1 aromatic carbocycles. The maximum Gasteiger partial charge on any atom is 0.251 e. The van der Waals surface area contributed by atoms with Crippen LogP contribution in [0.4, 0.5) is 5.82 Å². The Balaban J connectivity index is 1.60. The van der Waals surface area contributed by atoms with Crippen molar-refractivity contribution < 1.29 is 4.79 Å². The van der Waals surface area contributed by atoms with Crippen molar-refractivity contribution in [2.45, 2.75) is 26.3 Å². The predicted octanol–water partition coefficient (Wildman–Crippen LogP) is 2.27. The zero-order valence-electron chi connectivity index (χ0n) is 13.6. The highest BCUT2D eigenvalue weighted by molar-refractivity contribution is 5.94. The Morgan fingerprint density at radius 3 is 2.88 bits per heavy atom. The number of carbonyl (C=O) groups is 1. The minimum absolute atomic E-state index is 0.0298. The van der Waals surface area contributed by atoms with Gasteiger partial charge in [0.05, 0.1) is 0 Å². The normalized spacial score (nSPS) is 10.7. The van der Waals surface area contributed by atoms with Gasteiger partial charge in [0.25, 0.3) is 5.91 Å². The summed E-state index contributed by atoms with van der Waals surface area (Å²) < 4.78 is 1.80. The number of unbranched alkanes of at least 4 members (excludes halogenated alkanes) is 1. The fraction of sp³-hybridized carbons (Fsp3) is 0.294. The number of anilines is 1. The van der Waals surface area contributed by atoms with Gasteiger partial charge in [-0.1, -0.05) is 25.5 Å². The average molecular weight is 324 g/mol. The predicted molar refractivity (Wildman–Crippen MR) is 91.8 cm³/mol. The Hall–Kier alpha value is -2.96. The van der Waals surface area contributed by atoms with Crippen molar-refractivity contribution in [2.75, 3.05) is 11.9 Å². The number of nitrogens with zero attached hydrogens (tertiary/aromatic N) is 4. The molecule has 0 spiro atoms. The van der Waals surface area contributed by atoms with Crippen molar-refractivity contribution in [2.24, 2.45) is 0 Å². The van der Waals surface area contributed by atoms with E-state index in [0.29, 0.717) is 30.1 Å². The molecule has 0 unspecified atom stereocenters. The molecular formula is C17H20N6O. The summed E-state index contributed by atoms with van der Waals surface area (Å²) in [7, 11) is 0. The summed E-state index contributed by atoms with van der Waals surface area (Å²) in [5, 5.41) is 14.1. The van der Waals surface area contributed by atoms with Crippen LogP contribution < -0.4 is 10.6 Å². The van der Waals surface area contributed by atoms with Crippen molar-refractivity contribution in [3.8, 4) is 0 Å². The van der Waals surface area contributed by atoms with Gasteiger partial charge in [-0.2, -0.15) is 0 Å². The Morgan fingerprint density at radius 1 is 1.25 bits per heavy atom. The lowest BCUT2D eigenvalue weighted by molar-refractivity contribution is 0.0953. The van der Waals surface area contributed by atoms with Gasteiger partial charge in [-0.05, 0) is 24.1 Å². The van der Waals surface area contributed by atoms with Gasteiger partial charge in [-0.3, -0.25) is 9.20 Å². The molecule has 2 heterocycles. The molecule has 0 aliphatic rings. The molecule has 2 N–H and O–H groups in total. The minimum Gasteiger partial charge on any atom is -0.363 e. The first-order valence-electron chi connectivity index (χ1n) is 8.03. The summed E-state index contributed by atoms with van der Waals surface area (Å²) in [6, 6.07) is 7.55. The van der Waals surface area contributed by atoms with Crippen LogP contribution in [-0.4, -0.2) is 32.0 Å². The maximum absolute atomic E-state index is 12.0. The lowest BCUT2D eigenvalue weighted by atomic mass is 10.1. The number of aromatic nitrogens is 4. The second kappa shape index (κ2) is 7.54. The summed E-state index contributed by atoms with van der Waals surface area (Å²) in [6.45, 7) is 3.41. The summed E-state index contributed by atoms with van der Waals surface area (Å²) in [5.41, 5.74) is 2.42. The smallest absolute Gasteiger partial charge is 0.251 e. The van der Waals surface area contributed by atoms with Crippen LogP contribution in [-0.2, 0) is 6.54 Å². The molecule has 0 bridgehead atoms. The number of rotatable bonds is 7. The van der Waals surface area contributed by atoms with Gasteiger partial charge in [0.1, 0.15) is 6.33 Å². The quantitative estimate of drug-likeness (QED) is 0.651. The van der Waals surface area contributed by atoms with E-state index in [1.807, 2.05) is 24.3 Å². The molecule has 1 amide bonds. The molecule has 0 atom stereocenters. The lowest BCUT2D eigenvalue weighted by Gasteiger charge is -2.08. The number of carbonyl (C=O) groups excluding carboxylic acids is 1. The monoisotopic (exact) mass is 324 g/mol. The van der Waals surface area contributed by atoms with Crippen molar-refractivity contribution in [1.82, 2.24) is 24.9 Å². The molecule has 0 saturated heterocycles. The van der Waals surface area contributed by atoms with Crippen LogP contribution in [0.1, 0.15) is 35.7 Å². The third-order valence-corrected chi connectivity index (χ3v) is 3.71. The van der Waals surface area contributed by atoms with Crippen molar-refractivity contribution in [3.05, 3.63) is 54.1 Å². The van der Waals surface area contributed by atoms with Crippen LogP contribution in [0.5, 0.6) is 0 Å². The number of fused-ring (bicyclic) bond motifs is 1. The van der Waals surface area contributed by atoms with E-state index >= 15 is 0 Å². The summed E-state index contributed by atoms with van der Waals surface area (Å²) in [6.07, 6.45) is 7.19. The zero-order valence-corrected chi connectivity index (χ0v) is 13.6. The first kappa shape index (κ1) is 15.9. The van der Waals surface area contributed by atoms with E-state index in [1.165, 1.54) is 0 Å². The highest BCUT2D eigenvalue weighted by Gasteiger charge is 2.06. The van der Waals surface area contributed by atoms with E-state index in [4.69, 9.17) is 0 Å². The molecule has 3 aromatic rings. The zero-order chi connectivity index (χ0) is 16.8. The molecule has 0 radical (unpaired) electrons. The molecule has 24 heavy (non-hydrogen) atoms. The highest BCUT2D eigenvalue weighted by atomic mass is 16.1. The van der Waals surface area contributed by atoms with Crippen LogP contribution >= 0.6 is 0 Å². The molecule has 7 nitrogen and oxygen atoms in total. The number of amides is 1. The first-order chi connectivity index (χ1) is 11.8. The fourth-order valence-electron chi connectivity index (χ4n) is 2.32. The van der Waals surface area contributed by atoms with E-state index in [1.54, 1.807) is 23.1 Å². The van der Waals surface area contributed by atoms with Gasteiger partial charge in [0.2, 0.25) is 5.65 Å². The Labute approximate surface area is 140 Å². The van der Waals surface area contributed by atoms with Crippen molar-refractivity contribution in [1.29, 1.82) is 0 Å². The maximum atomic E-state index is 12.0. The molecule has 0 saturated carbocycles. The molecule has 0 aliphatic carbocycles. The van der Waals surface area contributed by atoms with Gasteiger partial charge < -0.3 is 10.6 Å². The van der Waals surface area contributed by atoms with E-state index in [-0.39, 0.29) is 5.91 Å². The summed E-state index contributed by atoms with van der Waals surface area (Å²) in [4.78, 5) is 16.3. The molecule has 3 rings (SSSR count). The summed E-state index contributed by atoms with van der Waals surface area (Å²) >= 11 is 0. The second-order valence-corrected chi connectivity index (χ2v) is 5.50. The van der Waals surface area contributed by atoms with Crippen LogP contribution in [0.3, 0.4) is 0 Å². The van der Waals surface area contributed by atoms with Crippen LogP contribution in [0.15, 0.2) is 43.0 Å². The van der Waals surface area contributed by atoms with Gasteiger partial charge in [0.15, 0.2) is 5.82 Å². The average Bonchev–Trinajstić information content (AvgIpc) is 3.10. The van der Waals surface area contributed by atoms with Gasteiger partial charge in [-0.15, -0.1) is 10.2 Å². The lowest BCUT2D eigenvalue weighted by Crippen LogP contribution is -2.24. The summed E-state index contributed by atoms with van der Waals surface area (Å²) in [5.74, 6) is 0.647. The van der Waals surface area contributed by atoms with Gasteiger partial charge in [0, 0.05) is 31.0 Å². The van der Waals surface area contributed by atoms with E-state index in [9.17, 15) is 4.79 Å². The largest absolute Gasteiger partial charge is 0.363 e. The number of benzene rings is 1. The molecule has 7 heteroatoms. The van der Waals surface area contributed by atoms with E-state index < -0.39 is 0 Å². The Bertz CT molecular complexity index is 811. The molecule has 0 aliphatic heterocycles. The molecule has 124 valence electrons. The molecular weight excluding hydrogens is 304 g/mol. The van der Waals surface area contributed by atoms with Crippen molar-refractivity contribution in [3.63, 3.8) is 0 Å². The SMILES string of the molecule is CCCCNC(=O)c1ccc(CNc2nccn3cnnc23)cc1.